The van der Waals surface area contributed by atoms with Gasteiger partial charge >= 0.3 is 0 Å². The third-order valence-electron chi connectivity index (χ3n) is 4.70. The number of carbonyl (C=O) groups excluding carboxylic acids is 1. The lowest BCUT2D eigenvalue weighted by Crippen LogP contribution is -2.36. The van der Waals surface area contributed by atoms with E-state index < -0.39 is 0 Å². The molecule has 1 amide bonds. The van der Waals surface area contributed by atoms with Crippen LogP contribution in [0.15, 0.2) is 48.8 Å². The molecule has 1 aromatic carbocycles. The Morgan fingerprint density at radius 2 is 2.04 bits per heavy atom. The highest BCUT2D eigenvalue weighted by Crippen LogP contribution is 2.29. The molecule has 1 saturated heterocycles. The van der Waals surface area contributed by atoms with Crippen molar-refractivity contribution in [2.75, 3.05) is 19.8 Å². The van der Waals surface area contributed by atoms with Gasteiger partial charge in [-0.15, -0.1) is 0 Å². The summed E-state index contributed by atoms with van der Waals surface area (Å²) in [6, 6.07) is 11.6. The molecule has 0 spiro atoms. The van der Waals surface area contributed by atoms with E-state index in [4.69, 9.17) is 9.47 Å². The molecule has 1 aliphatic rings. The molecule has 1 unspecified atom stereocenters. The maximum atomic E-state index is 12.7. The average molecular weight is 354 g/mol. The first-order chi connectivity index (χ1) is 12.8. The fraction of sp³-hybridized carbons (Fsp3) is 0.429. The van der Waals surface area contributed by atoms with E-state index in [-0.39, 0.29) is 11.9 Å². The first-order valence-corrected chi connectivity index (χ1v) is 9.25. The molecule has 26 heavy (non-hydrogen) atoms. The normalized spacial score (nSPS) is 16.0. The van der Waals surface area contributed by atoms with Crippen LogP contribution in [0.4, 0.5) is 0 Å². The molecule has 1 N–H and O–H groups in total. The van der Waals surface area contributed by atoms with Crippen LogP contribution in [0.25, 0.3) is 0 Å². The summed E-state index contributed by atoms with van der Waals surface area (Å²) in [5, 5.41) is 3.23. The predicted molar refractivity (Wildman–Crippen MR) is 100.0 cm³/mol. The first-order valence-electron chi connectivity index (χ1n) is 9.25. The zero-order valence-corrected chi connectivity index (χ0v) is 15.2. The lowest BCUT2D eigenvalue weighted by Gasteiger charge is -2.31. The smallest absolute Gasteiger partial charge is 0.224 e. The van der Waals surface area contributed by atoms with Crippen LogP contribution in [-0.2, 0) is 16.0 Å². The second kappa shape index (κ2) is 9.34. The lowest BCUT2D eigenvalue weighted by atomic mass is 9.87. The van der Waals surface area contributed by atoms with Crippen molar-refractivity contribution in [3.63, 3.8) is 0 Å². The van der Waals surface area contributed by atoms with Gasteiger partial charge in [0, 0.05) is 25.6 Å². The van der Waals surface area contributed by atoms with E-state index in [1.54, 1.807) is 6.20 Å². The summed E-state index contributed by atoms with van der Waals surface area (Å²) in [5.74, 6) is 1.22. The van der Waals surface area contributed by atoms with Gasteiger partial charge in [-0.25, -0.2) is 0 Å². The van der Waals surface area contributed by atoms with Crippen LogP contribution in [0, 0.1) is 5.92 Å². The summed E-state index contributed by atoms with van der Waals surface area (Å²) in [6.45, 7) is 4.08. The van der Waals surface area contributed by atoms with Crippen molar-refractivity contribution in [3.05, 3.63) is 59.9 Å². The molecular formula is C21H26N2O3. The van der Waals surface area contributed by atoms with Crippen molar-refractivity contribution in [1.29, 1.82) is 0 Å². The minimum Gasteiger partial charge on any atom is -0.494 e. The zero-order valence-electron chi connectivity index (χ0n) is 15.2. The molecule has 2 heterocycles. The van der Waals surface area contributed by atoms with Crippen molar-refractivity contribution >= 4 is 5.91 Å². The number of rotatable bonds is 7. The third-order valence-corrected chi connectivity index (χ3v) is 4.70. The van der Waals surface area contributed by atoms with Gasteiger partial charge in [0.1, 0.15) is 5.75 Å². The summed E-state index contributed by atoms with van der Waals surface area (Å²) < 4.78 is 10.9. The molecule has 138 valence electrons. The second-order valence-electron chi connectivity index (χ2n) is 6.54. The van der Waals surface area contributed by atoms with E-state index in [0.717, 1.165) is 42.9 Å². The average Bonchev–Trinajstić information content (AvgIpc) is 2.69. The van der Waals surface area contributed by atoms with Gasteiger partial charge < -0.3 is 14.8 Å². The molecule has 1 aromatic heterocycles. The van der Waals surface area contributed by atoms with Crippen LogP contribution in [0.2, 0.25) is 0 Å². The lowest BCUT2D eigenvalue weighted by molar-refractivity contribution is -0.121. The van der Waals surface area contributed by atoms with Crippen molar-refractivity contribution < 1.29 is 14.3 Å². The van der Waals surface area contributed by atoms with Crippen LogP contribution in [-0.4, -0.2) is 30.7 Å². The van der Waals surface area contributed by atoms with Crippen LogP contribution < -0.4 is 10.1 Å². The highest BCUT2D eigenvalue weighted by atomic mass is 16.5. The maximum absolute atomic E-state index is 12.7. The Kier molecular flexibility index (Phi) is 6.61. The molecule has 5 heteroatoms. The van der Waals surface area contributed by atoms with Crippen molar-refractivity contribution in [3.8, 4) is 5.75 Å². The molecule has 2 aromatic rings. The number of aromatic nitrogens is 1. The summed E-state index contributed by atoms with van der Waals surface area (Å²) >= 11 is 0. The van der Waals surface area contributed by atoms with E-state index >= 15 is 0 Å². The largest absolute Gasteiger partial charge is 0.494 e. The molecular weight excluding hydrogens is 328 g/mol. The molecule has 1 fully saturated rings. The number of ether oxygens (including phenoxy) is 2. The Hall–Kier alpha value is -2.40. The number of amides is 1. The van der Waals surface area contributed by atoms with E-state index in [9.17, 15) is 4.79 Å². The van der Waals surface area contributed by atoms with Crippen molar-refractivity contribution in [2.24, 2.45) is 5.92 Å². The highest BCUT2D eigenvalue weighted by molar-refractivity contribution is 5.79. The minimum atomic E-state index is -0.0252. The van der Waals surface area contributed by atoms with Gasteiger partial charge in [-0.1, -0.05) is 18.2 Å². The molecule has 0 bridgehead atoms. The Labute approximate surface area is 154 Å². The third kappa shape index (κ3) is 5.05. The quantitative estimate of drug-likeness (QED) is 0.829. The Bertz CT molecular complexity index is 682. The first kappa shape index (κ1) is 18.4. The monoisotopic (exact) mass is 354 g/mol. The topological polar surface area (TPSA) is 60.5 Å². The number of nitrogens with one attached hydrogen (secondary N) is 1. The Morgan fingerprint density at radius 1 is 1.27 bits per heavy atom. The summed E-state index contributed by atoms with van der Waals surface area (Å²) in [4.78, 5) is 16.9. The van der Waals surface area contributed by atoms with Gasteiger partial charge in [-0.05, 0) is 55.0 Å². The maximum Gasteiger partial charge on any atom is 0.224 e. The molecule has 3 rings (SSSR count). The van der Waals surface area contributed by atoms with Crippen LogP contribution in [0.5, 0.6) is 5.75 Å². The van der Waals surface area contributed by atoms with Gasteiger partial charge in [-0.2, -0.15) is 0 Å². The Balaban J connectivity index is 1.66. The number of hydrogen-bond donors (Lipinski definition) is 1. The SMILES string of the molecule is CCOc1ccc(CC(=O)NC(c2cccnc2)C2CCOCC2)cc1. The van der Waals surface area contributed by atoms with Gasteiger partial charge in [0.05, 0.1) is 19.1 Å². The fourth-order valence-corrected chi connectivity index (χ4v) is 3.36. The summed E-state index contributed by atoms with van der Waals surface area (Å²) in [5.41, 5.74) is 2.03. The molecule has 5 nitrogen and oxygen atoms in total. The van der Waals surface area contributed by atoms with Crippen LogP contribution >= 0.6 is 0 Å². The molecule has 0 radical (unpaired) electrons. The summed E-state index contributed by atoms with van der Waals surface area (Å²) in [7, 11) is 0. The van der Waals surface area contributed by atoms with Crippen LogP contribution in [0.3, 0.4) is 0 Å². The predicted octanol–water partition coefficient (Wildman–Crippen LogP) is 3.31. The second-order valence-corrected chi connectivity index (χ2v) is 6.54. The molecule has 0 saturated carbocycles. The van der Waals surface area contributed by atoms with Gasteiger partial charge in [0.25, 0.3) is 0 Å². The number of nitrogens with zero attached hydrogens (tertiary/aromatic N) is 1. The number of carbonyl (C=O) groups is 1. The zero-order chi connectivity index (χ0) is 18.2. The van der Waals surface area contributed by atoms with Crippen molar-refractivity contribution in [1.82, 2.24) is 10.3 Å². The van der Waals surface area contributed by atoms with E-state index in [1.807, 2.05) is 49.5 Å². The number of hydrogen-bond acceptors (Lipinski definition) is 4. The van der Waals surface area contributed by atoms with E-state index in [2.05, 4.69) is 10.3 Å². The minimum absolute atomic E-state index is 0.0227. The van der Waals surface area contributed by atoms with Gasteiger partial charge in [-0.3, -0.25) is 9.78 Å². The van der Waals surface area contributed by atoms with Gasteiger partial charge in [0.15, 0.2) is 0 Å². The molecule has 0 aliphatic carbocycles. The highest BCUT2D eigenvalue weighted by Gasteiger charge is 2.27. The van der Waals surface area contributed by atoms with Gasteiger partial charge in [0.2, 0.25) is 5.91 Å². The fourth-order valence-electron chi connectivity index (χ4n) is 3.36. The van der Waals surface area contributed by atoms with Crippen LogP contribution in [0.1, 0.15) is 36.9 Å². The van der Waals surface area contributed by atoms with Crippen molar-refractivity contribution in [2.45, 2.75) is 32.2 Å². The van der Waals surface area contributed by atoms with E-state index in [0.29, 0.717) is 18.9 Å². The number of pyridine rings is 1. The standard InChI is InChI=1S/C21H26N2O3/c1-2-26-19-7-5-16(6-8-19)14-20(24)23-21(17-9-12-25-13-10-17)18-4-3-11-22-15-18/h3-8,11,15,17,21H,2,9-10,12-14H2,1H3,(H,23,24). The summed E-state index contributed by atoms with van der Waals surface area (Å²) in [6.07, 6.45) is 5.85. The molecule has 1 atom stereocenters. The molecule has 1 aliphatic heterocycles. The van der Waals surface area contributed by atoms with E-state index in [1.165, 1.54) is 0 Å². The Morgan fingerprint density at radius 3 is 2.69 bits per heavy atom. The number of benzene rings is 1.